The molecular formula is C15H14FNO2. The summed E-state index contributed by atoms with van der Waals surface area (Å²) >= 11 is 0. The maximum absolute atomic E-state index is 13.5. The van der Waals surface area contributed by atoms with Gasteiger partial charge in [-0.2, -0.15) is 5.06 Å². The number of carbonyl (C=O) groups is 1. The second-order valence-electron chi connectivity index (χ2n) is 4.06. The van der Waals surface area contributed by atoms with Crippen LogP contribution >= 0.6 is 0 Å². The molecule has 2 aromatic rings. The lowest BCUT2D eigenvalue weighted by atomic mass is 10.2. The Morgan fingerprint density at radius 1 is 1.11 bits per heavy atom. The van der Waals surface area contributed by atoms with Gasteiger partial charge in [-0.1, -0.05) is 42.5 Å². The fraction of sp³-hybridized carbons (Fsp3) is 0.133. The number of halogens is 1. The van der Waals surface area contributed by atoms with Crippen LogP contribution in [0.4, 0.5) is 4.39 Å². The topological polar surface area (TPSA) is 29.5 Å². The highest BCUT2D eigenvalue weighted by molar-refractivity contribution is 5.72. The molecular weight excluding hydrogens is 245 g/mol. The van der Waals surface area contributed by atoms with Gasteiger partial charge in [0.2, 0.25) is 0 Å². The first kappa shape index (κ1) is 13.1. The number of rotatable bonds is 4. The van der Waals surface area contributed by atoms with Crippen molar-refractivity contribution in [1.82, 2.24) is 5.06 Å². The van der Waals surface area contributed by atoms with E-state index in [1.54, 1.807) is 12.1 Å². The van der Waals surface area contributed by atoms with Gasteiger partial charge < -0.3 is 4.84 Å². The van der Waals surface area contributed by atoms with Crippen molar-refractivity contribution in [2.75, 3.05) is 0 Å². The van der Waals surface area contributed by atoms with Gasteiger partial charge in [-0.3, -0.25) is 4.79 Å². The molecule has 4 heteroatoms. The van der Waals surface area contributed by atoms with E-state index < -0.39 is 5.82 Å². The van der Waals surface area contributed by atoms with E-state index in [-0.39, 0.29) is 18.2 Å². The van der Waals surface area contributed by atoms with E-state index in [0.717, 1.165) is 10.6 Å². The molecule has 0 saturated heterocycles. The molecule has 3 nitrogen and oxygen atoms in total. The molecule has 0 N–H and O–H groups in total. The number of hydrogen-bond donors (Lipinski definition) is 0. The minimum absolute atomic E-state index is 0.0358. The van der Waals surface area contributed by atoms with Gasteiger partial charge in [-0.25, -0.2) is 4.39 Å². The number of carbonyl (C=O) groups excluding carboxylic acids is 1. The quantitative estimate of drug-likeness (QED) is 0.789. The van der Waals surface area contributed by atoms with Gasteiger partial charge in [0.1, 0.15) is 0 Å². The number of para-hydroxylation sites is 1. The Hall–Kier alpha value is -2.36. The lowest BCUT2D eigenvalue weighted by Gasteiger charge is -2.21. The normalized spacial score (nSPS) is 10.0. The lowest BCUT2D eigenvalue weighted by Crippen LogP contribution is -2.31. The molecule has 0 bridgehead atoms. The first-order valence-electron chi connectivity index (χ1n) is 5.91. The zero-order valence-corrected chi connectivity index (χ0v) is 10.5. The Balaban J connectivity index is 2.13. The minimum atomic E-state index is -0.498. The molecule has 0 aliphatic heterocycles. The van der Waals surface area contributed by atoms with Gasteiger partial charge in [0, 0.05) is 6.92 Å². The molecule has 98 valence electrons. The third kappa shape index (κ3) is 3.55. The molecule has 0 aromatic heterocycles. The number of hydrogen-bond acceptors (Lipinski definition) is 2. The summed E-state index contributed by atoms with van der Waals surface area (Å²) in [5.41, 5.74) is 0.911. The minimum Gasteiger partial charge on any atom is -0.373 e. The molecule has 19 heavy (non-hydrogen) atoms. The Morgan fingerprint density at radius 3 is 2.37 bits per heavy atom. The summed E-state index contributed by atoms with van der Waals surface area (Å²) in [7, 11) is 0. The van der Waals surface area contributed by atoms with Gasteiger partial charge in [-0.15, -0.1) is 0 Å². The molecule has 0 aliphatic carbocycles. The van der Waals surface area contributed by atoms with Crippen LogP contribution in [0.15, 0.2) is 54.6 Å². The van der Waals surface area contributed by atoms with Crippen LogP contribution in [0.25, 0.3) is 0 Å². The van der Waals surface area contributed by atoms with E-state index >= 15 is 0 Å². The van der Waals surface area contributed by atoms with Crippen LogP contribution in [0.3, 0.4) is 0 Å². The lowest BCUT2D eigenvalue weighted by molar-refractivity contribution is -0.157. The van der Waals surface area contributed by atoms with Gasteiger partial charge in [-0.05, 0) is 17.7 Å². The van der Waals surface area contributed by atoms with E-state index in [9.17, 15) is 9.18 Å². The standard InChI is InChI=1S/C15H14FNO2/c1-12(18)17(11-13-7-3-2-4-8-13)19-15-10-6-5-9-14(15)16/h2-10H,11H2,1H3. The highest BCUT2D eigenvalue weighted by Gasteiger charge is 2.13. The van der Waals surface area contributed by atoms with Crippen molar-refractivity contribution in [2.45, 2.75) is 13.5 Å². The molecule has 0 atom stereocenters. The molecule has 0 spiro atoms. The Morgan fingerprint density at radius 2 is 1.74 bits per heavy atom. The zero-order valence-electron chi connectivity index (χ0n) is 10.5. The predicted octanol–water partition coefficient (Wildman–Crippen LogP) is 3.17. The average Bonchev–Trinajstić information content (AvgIpc) is 2.41. The van der Waals surface area contributed by atoms with Crippen LogP contribution < -0.4 is 4.84 Å². The summed E-state index contributed by atoms with van der Waals surface area (Å²) in [5, 5.41) is 1.13. The van der Waals surface area contributed by atoms with Crippen LogP contribution in [-0.2, 0) is 11.3 Å². The van der Waals surface area contributed by atoms with Crippen LogP contribution in [0, 0.1) is 5.82 Å². The fourth-order valence-corrected chi connectivity index (χ4v) is 1.59. The number of amides is 1. The summed E-state index contributed by atoms with van der Waals surface area (Å²) < 4.78 is 13.5. The van der Waals surface area contributed by atoms with Crippen molar-refractivity contribution in [3.63, 3.8) is 0 Å². The summed E-state index contributed by atoms with van der Waals surface area (Å²) in [6, 6.07) is 15.4. The molecule has 1 amide bonds. The molecule has 0 fully saturated rings. The second kappa shape index (κ2) is 6.00. The van der Waals surface area contributed by atoms with Crippen molar-refractivity contribution in [3.05, 3.63) is 66.0 Å². The third-order valence-electron chi connectivity index (χ3n) is 2.57. The molecule has 0 radical (unpaired) electrons. The van der Waals surface area contributed by atoms with E-state index in [1.807, 2.05) is 30.3 Å². The molecule has 2 aromatic carbocycles. The van der Waals surface area contributed by atoms with Crippen LogP contribution in [-0.4, -0.2) is 11.0 Å². The Bertz CT molecular complexity index is 557. The first-order chi connectivity index (χ1) is 9.16. The third-order valence-corrected chi connectivity index (χ3v) is 2.57. The zero-order chi connectivity index (χ0) is 13.7. The van der Waals surface area contributed by atoms with Gasteiger partial charge in [0.15, 0.2) is 11.6 Å². The maximum atomic E-state index is 13.5. The molecule has 2 rings (SSSR count). The van der Waals surface area contributed by atoms with E-state index in [4.69, 9.17) is 4.84 Å². The monoisotopic (exact) mass is 259 g/mol. The summed E-state index contributed by atoms with van der Waals surface area (Å²) in [4.78, 5) is 16.9. The van der Waals surface area contributed by atoms with Crippen molar-refractivity contribution in [1.29, 1.82) is 0 Å². The van der Waals surface area contributed by atoms with Gasteiger partial charge in [0.25, 0.3) is 5.91 Å². The second-order valence-corrected chi connectivity index (χ2v) is 4.06. The smallest absolute Gasteiger partial charge is 0.252 e. The SMILES string of the molecule is CC(=O)N(Cc1ccccc1)Oc1ccccc1F. The largest absolute Gasteiger partial charge is 0.373 e. The summed E-state index contributed by atoms with van der Waals surface area (Å²) in [5.74, 6) is -0.748. The Kier molecular flexibility index (Phi) is 4.13. The van der Waals surface area contributed by atoms with Crippen molar-refractivity contribution < 1.29 is 14.0 Å². The number of nitrogens with zero attached hydrogens (tertiary/aromatic N) is 1. The summed E-state index contributed by atoms with van der Waals surface area (Å²) in [6.07, 6.45) is 0. The summed E-state index contributed by atoms with van der Waals surface area (Å²) in [6.45, 7) is 1.65. The maximum Gasteiger partial charge on any atom is 0.252 e. The van der Waals surface area contributed by atoms with Gasteiger partial charge >= 0.3 is 0 Å². The van der Waals surface area contributed by atoms with Crippen molar-refractivity contribution >= 4 is 5.91 Å². The van der Waals surface area contributed by atoms with Crippen LogP contribution in [0.1, 0.15) is 12.5 Å². The Labute approximate surface area is 111 Å². The fourth-order valence-electron chi connectivity index (χ4n) is 1.59. The molecule has 0 saturated carbocycles. The molecule has 0 heterocycles. The van der Waals surface area contributed by atoms with Crippen molar-refractivity contribution in [2.24, 2.45) is 0 Å². The predicted molar refractivity (Wildman–Crippen MR) is 69.7 cm³/mol. The van der Waals surface area contributed by atoms with Gasteiger partial charge in [0.05, 0.1) is 6.54 Å². The highest BCUT2D eigenvalue weighted by atomic mass is 19.1. The van der Waals surface area contributed by atoms with E-state index in [2.05, 4.69) is 0 Å². The van der Waals surface area contributed by atoms with E-state index in [1.165, 1.54) is 19.1 Å². The van der Waals surface area contributed by atoms with E-state index in [0.29, 0.717) is 0 Å². The number of benzene rings is 2. The molecule has 0 aliphatic rings. The first-order valence-corrected chi connectivity index (χ1v) is 5.91. The van der Waals surface area contributed by atoms with Crippen LogP contribution in [0.5, 0.6) is 5.75 Å². The van der Waals surface area contributed by atoms with Crippen molar-refractivity contribution in [3.8, 4) is 5.75 Å². The average molecular weight is 259 g/mol. The molecule has 0 unspecified atom stereocenters. The number of hydroxylamine groups is 2. The van der Waals surface area contributed by atoms with Crippen LogP contribution in [0.2, 0.25) is 0 Å². The highest BCUT2D eigenvalue weighted by Crippen LogP contribution is 2.18.